The molecule has 2 aromatic rings. The predicted molar refractivity (Wildman–Crippen MR) is 80.7 cm³/mol. The van der Waals surface area contributed by atoms with E-state index in [1.54, 1.807) is 0 Å². The van der Waals surface area contributed by atoms with Gasteiger partial charge in [-0.25, -0.2) is 0 Å². The first kappa shape index (κ1) is 13.0. The van der Waals surface area contributed by atoms with Crippen LogP contribution in [0.25, 0.3) is 10.9 Å². The van der Waals surface area contributed by atoms with Gasteiger partial charge in [0.25, 0.3) is 5.91 Å². The van der Waals surface area contributed by atoms with E-state index in [0.29, 0.717) is 16.6 Å². The molecule has 0 aliphatic carbocycles. The Hall–Kier alpha value is -1.000. The Morgan fingerprint density at radius 3 is 3.00 bits per heavy atom. The molecule has 0 unspecified atom stereocenters. The molecule has 0 saturated carbocycles. The third-order valence-corrected chi connectivity index (χ3v) is 4.51. The lowest BCUT2D eigenvalue weighted by Crippen LogP contribution is -2.28. The molecule has 1 aromatic heterocycles. The SMILES string of the molecule is C[C@@H]1CCN(C(=O)c2[nH]c3ccc(Br)cc3c2Cl)C1. The molecule has 1 N–H and O–H groups in total. The first-order valence-electron chi connectivity index (χ1n) is 6.32. The van der Waals surface area contributed by atoms with E-state index in [0.717, 1.165) is 34.9 Å². The van der Waals surface area contributed by atoms with E-state index in [1.165, 1.54) is 0 Å². The molecule has 19 heavy (non-hydrogen) atoms. The highest BCUT2D eigenvalue weighted by Gasteiger charge is 2.27. The number of hydrogen-bond donors (Lipinski definition) is 1. The number of carbonyl (C=O) groups is 1. The fourth-order valence-corrected chi connectivity index (χ4v) is 3.20. The Labute approximate surface area is 125 Å². The van der Waals surface area contributed by atoms with Crippen molar-refractivity contribution in [3.8, 4) is 0 Å². The Bertz CT molecular complexity index is 652. The zero-order valence-corrected chi connectivity index (χ0v) is 12.9. The zero-order chi connectivity index (χ0) is 13.6. The second kappa shape index (κ2) is 4.84. The van der Waals surface area contributed by atoms with Crippen LogP contribution >= 0.6 is 27.5 Å². The largest absolute Gasteiger partial charge is 0.349 e. The molecular formula is C14H14BrClN2O. The number of amides is 1. The molecule has 2 heterocycles. The van der Waals surface area contributed by atoms with Gasteiger partial charge in [0.1, 0.15) is 5.69 Å². The number of carbonyl (C=O) groups excluding carboxylic acids is 1. The van der Waals surface area contributed by atoms with Crippen molar-refractivity contribution in [2.45, 2.75) is 13.3 Å². The van der Waals surface area contributed by atoms with Gasteiger partial charge in [-0.05, 0) is 30.5 Å². The van der Waals surface area contributed by atoms with Gasteiger partial charge in [-0.1, -0.05) is 34.5 Å². The van der Waals surface area contributed by atoms with Crippen LogP contribution in [0.4, 0.5) is 0 Å². The second-order valence-electron chi connectivity index (χ2n) is 5.15. The lowest BCUT2D eigenvalue weighted by atomic mass is 10.2. The summed E-state index contributed by atoms with van der Waals surface area (Å²) >= 11 is 9.76. The van der Waals surface area contributed by atoms with Crippen LogP contribution in [0.5, 0.6) is 0 Å². The molecule has 1 aliphatic rings. The summed E-state index contributed by atoms with van der Waals surface area (Å²) in [6, 6.07) is 5.79. The maximum absolute atomic E-state index is 12.5. The van der Waals surface area contributed by atoms with E-state index in [-0.39, 0.29) is 5.91 Å². The van der Waals surface area contributed by atoms with Gasteiger partial charge in [0.05, 0.1) is 5.02 Å². The first-order valence-corrected chi connectivity index (χ1v) is 7.49. The quantitative estimate of drug-likeness (QED) is 0.834. The Morgan fingerprint density at radius 1 is 1.53 bits per heavy atom. The number of fused-ring (bicyclic) bond motifs is 1. The van der Waals surface area contributed by atoms with Gasteiger partial charge >= 0.3 is 0 Å². The van der Waals surface area contributed by atoms with Crippen molar-refractivity contribution in [2.75, 3.05) is 13.1 Å². The molecule has 1 atom stereocenters. The summed E-state index contributed by atoms with van der Waals surface area (Å²) in [4.78, 5) is 17.5. The van der Waals surface area contributed by atoms with Crippen molar-refractivity contribution in [3.05, 3.63) is 33.4 Å². The summed E-state index contributed by atoms with van der Waals surface area (Å²) in [5, 5.41) is 1.40. The van der Waals surface area contributed by atoms with Crippen molar-refractivity contribution in [1.29, 1.82) is 0 Å². The van der Waals surface area contributed by atoms with Gasteiger partial charge in [-0.2, -0.15) is 0 Å². The lowest BCUT2D eigenvalue weighted by molar-refractivity contribution is 0.0783. The number of likely N-dealkylation sites (tertiary alicyclic amines) is 1. The van der Waals surface area contributed by atoms with Crippen LogP contribution in [0.1, 0.15) is 23.8 Å². The number of halogens is 2. The second-order valence-corrected chi connectivity index (χ2v) is 6.44. The Morgan fingerprint density at radius 2 is 2.32 bits per heavy atom. The van der Waals surface area contributed by atoms with Crippen LogP contribution in [0.3, 0.4) is 0 Å². The van der Waals surface area contributed by atoms with Crippen molar-refractivity contribution < 1.29 is 4.79 Å². The summed E-state index contributed by atoms with van der Waals surface area (Å²) < 4.78 is 0.953. The highest BCUT2D eigenvalue weighted by Crippen LogP contribution is 2.31. The van der Waals surface area contributed by atoms with Crippen molar-refractivity contribution in [3.63, 3.8) is 0 Å². The molecule has 1 aromatic carbocycles. The topological polar surface area (TPSA) is 36.1 Å². The average molecular weight is 342 g/mol. The Kier molecular flexibility index (Phi) is 3.31. The molecule has 1 saturated heterocycles. The maximum Gasteiger partial charge on any atom is 0.271 e. The highest BCUT2D eigenvalue weighted by atomic mass is 79.9. The van der Waals surface area contributed by atoms with Crippen molar-refractivity contribution in [2.24, 2.45) is 5.92 Å². The number of benzene rings is 1. The molecule has 1 fully saturated rings. The lowest BCUT2D eigenvalue weighted by Gasteiger charge is -2.14. The van der Waals surface area contributed by atoms with Crippen LogP contribution in [0.2, 0.25) is 5.02 Å². The molecule has 5 heteroatoms. The fourth-order valence-electron chi connectivity index (χ4n) is 2.56. The highest BCUT2D eigenvalue weighted by molar-refractivity contribution is 9.10. The summed E-state index contributed by atoms with van der Waals surface area (Å²) in [7, 11) is 0. The van der Waals surface area contributed by atoms with Gasteiger partial charge in [-0.3, -0.25) is 4.79 Å². The van der Waals surface area contributed by atoms with E-state index in [2.05, 4.69) is 27.8 Å². The molecule has 3 rings (SSSR count). The molecule has 100 valence electrons. The molecule has 3 nitrogen and oxygen atoms in total. The number of aromatic amines is 1. The van der Waals surface area contributed by atoms with Crippen LogP contribution < -0.4 is 0 Å². The fraction of sp³-hybridized carbons (Fsp3) is 0.357. The van der Waals surface area contributed by atoms with Crippen LogP contribution in [-0.2, 0) is 0 Å². The summed E-state index contributed by atoms with van der Waals surface area (Å²) in [6.45, 7) is 3.79. The maximum atomic E-state index is 12.5. The third kappa shape index (κ3) is 2.28. The molecule has 0 bridgehead atoms. The van der Waals surface area contributed by atoms with E-state index in [1.807, 2.05) is 23.1 Å². The minimum atomic E-state index is 0.00155. The molecule has 1 aliphatic heterocycles. The standard InChI is InChI=1S/C14H14BrClN2O/c1-8-4-5-18(7-8)14(19)13-12(16)10-6-9(15)2-3-11(10)17-13/h2-3,6,8,17H,4-5,7H2,1H3/t8-/m1/s1. The van der Waals surface area contributed by atoms with Crippen LogP contribution in [0, 0.1) is 5.92 Å². The number of hydrogen-bond acceptors (Lipinski definition) is 1. The number of aromatic nitrogens is 1. The zero-order valence-electron chi connectivity index (χ0n) is 10.5. The van der Waals surface area contributed by atoms with Crippen LogP contribution in [-0.4, -0.2) is 28.9 Å². The number of rotatable bonds is 1. The molecule has 1 amide bonds. The first-order chi connectivity index (χ1) is 9.06. The van der Waals surface area contributed by atoms with Gasteiger partial charge in [0.2, 0.25) is 0 Å². The molecule has 0 radical (unpaired) electrons. The smallest absolute Gasteiger partial charge is 0.271 e. The van der Waals surface area contributed by atoms with Gasteiger partial charge in [0, 0.05) is 28.5 Å². The minimum absolute atomic E-state index is 0.00155. The number of nitrogens with zero attached hydrogens (tertiary/aromatic N) is 1. The summed E-state index contributed by atoms with van der Waals surface area (Å²) in [5.74, 6) is 0.572. The minimum Gasteiger partial charge on any atom is -0.349 e. The van der Waals surface area contributed by atoms with E-state index < -0.39 is 0 Å². The van der Waals surface area contributed by atoms with Gasteiger partial charge in [0.15, 0.2) is 0 Å². The monoisotopic (exact) mass is 340 g/mol. The average Bonchev–Trinajstić information content (AvgIpc) is 2.94. The van der Waals surface area contributed by atoms with Crippen molar-refractivity contribution >= 4 is 44.3 Å². The normalized spacial score (nSPS) is 19.3. The Balaban J connectivity index is 2.01. The number of nitrogens with one attached hydrogen (secondary N) is 1. The van der Waals surface area contributed by atoms with Gasteiger partial charge in [-0.15, -0.1) is 0 Å². The van der Waals surface area contributed by atoms with Crippen molar-refractivity contribution in [1.82, 2.24) is 9.88 Å². The van der Waals surface area contributed by atoms with Gasteiger partial charge < -0.3 is 9.88 Å². The van der Waals surface area contributed by atoms with Crippen LogP contribution in [0.15, 0.2) is 22.7 Å². The predicted octanol–water partition coefficient (Wildman–Crippen LogP) is 4.07. The van der Waals surface area contributed by atoms with E-state index >= 15 is 0 Å². The number of H-pyrrole nitrogens is 1. The summed E-state index contributed by atoms with van der Waals surface area (Å²) in [6.07, 6.45) is 1.06. The van der Waals surface area contributed by atoms with E-state index in [9.17, 15) is 4.79 Å². The third-order valence-electron chi connectivity index (χ3n) is 3.62. The molecule has 0 spiro atoms. The molecular weight excluding hydrogens is 328 g/mol. The summed E-state index contributed by atoms with van der Waals surface area (Å²) in [5.41, 5.74) is 1.40. The van der Waals surface area contributed by atoms with E-state index in [4.69, 9.17) is 11.6 Å².